The van der Waals surface area contributed by atoms with E-state index < -0.39 is 53.6 Å². The van der Waals surface area contributed by atoms with Crippen molar-refractivity contribution < 1.29 is 34.1 Å². The van der Waals surface area contributed by atoms with Crippen molar-refractivity contribution in [1.82, 2.24) is 4.90 Å². The Bertz CT molecular complexity index is 1430. The van der Waals surface area contributed by atoms with Crippen LogP contribution >= 0.6 is 0 Å². The highest BCUT2D eigenvalue weighted by atomic mass is 19.1. The van der Waals surface area contributed by atoms with Crippen molar-refractivity contribution in [2.24, 2.45) is 11.3 Å². The van der Waals surface area contributed by atoms with Gasteiger partial charge in [-0.2, -0.15) is 0 Å². The summed E-state index contributed by atoms with van der Waals surface area (Å²) in [6, 6.07) is 23.4. The van der Waals surface area contributed by atoms with Crippen LogP contribution in [0.25, 0.3) is 11.3 Å². The lowest BCUT2D eigenvalue weighted by atomic mass is 9.68. The van der Waals surface area contributed by atoms with Gasteiger partial charge in [-0.05, 0) is 59.9 Å². The summed E-state index contributed by atoms with van der Waals surface area (Å²) < 4.78 is 14.0. The maximum Gasteiger partial charge on any atom is 0.332 e. The Morgan fingerprint density at radius 2 is 1.49 bits per heavy atom. The summed E-state index contributed by atoms with van der Waals surface area (Å²) in [7, 11) is 0. The Balaban J connectivity index is 1.90. The zero-order chi connectivity index (χ0) is 29.7. The molecule has 41 heavy (non-hydrogen) atoms. The van der Waals surface area contributed by atoms with Gasteiger partial charge >= 0.3 is 5.97 Å². The smallest absolute Gasteiger partial charge is 0.332 e. The molecule has 1 aliphatic heterocycles. The van der Waals surface area contributed by atoms with Gasteiger partial charge in [0.2, 0.25) is 11.8 Å². The molecule has 0 aliphatic carbocycles. The average Bonchev–Trinajstić information content (AvgIpc) is 3.22. The average molecular weight is 561 g/mol. The quantitative estimate of drug-likeness (QED) is 0.258. The van der Waals surface area contributed by atoms with Crippen molar-refractivity contribution in [2.75, 3.05) is 11.9 Å². The number of anilines is 1. The molecule has 3 aromatic rings. The minimum atomic E-state index is -1.77. The van der Waals surface area contributed by atoms with Gasteiger partial charge in [0, 0.05) is 24.2 Å². The highest BCUT2D eigenvalue weighted by molar-refractivity contribution is 6.28. The molecule has 0 spiro atoms. The number of rotatable bonds is 11. The molecule has 0 fully saturated rings. The summed E-state index contributed by atoms with van der Waals surface area (Å²) in [6.07, 6.45) is -3.51. The van der Waals surface area contributed by atoms with Gasteiger partial charge in [0.25, 0.3) is 0 Å². The third kappa shape index (κ3) is 5.91. The number of aliphatic hydroxyl groups excluding tert-OH is 2. The molecule has 4 N–H and O–H groups in total. The largest absolute Gasteiger partial charge is 0.479 e. The van der Waals surface area contributed by atoms with Crippen LogP contribution in [0.3, 0.4) is 0 Å². The Morgan fingerprint density at radius 1 is 0.902 bits per heavy atom. The number of nitrogens with zero attached hydrogens (tertiary/aromatic N) is 1. The number of amides is 2. The van der Waals surface area contributed by atoms with E-state index in [1.165, 1.54) is 29.2 Å². The van der Waals surface area contributed by atoms with Crippen LogP contribution in [0.5, 0.6) is 0 Å². The molecular formula is C32H33FN2O6. The molecule has 3 aromatic carbocycles. The van der Waals surface area contributed by atoms with Crippen molar-refractivity contribution in [1.29, 1.82) is 0 Å². The van der Waals surface area contributed by atoms with Crippen LogP contribution in [0, 0.1) is 17.2 Å². The van der Waals surface area contributed by atoms with Crippen LogP contribution in [0.15, 0.2) is 84.9 Å². The Kier molecular flexibility index (Phi) is 9.00. The number of para-hydroxylation sites is 1. The topological polar surface area (TPSA) is 127 Å². The number of carboxylic acid groups (broad SMARTS) is 1. The van der Waals surface area contributed by atoms with Crippen LogP contribution in [0.2, 0.25) is 0 Å². The third-order valence-electron chi connectivity index (χ3n) is 7.39. The van der Waals surface area contributed by atoms with Crippen LogP contribution in [0.4, 0.5) is 10.1 Å². The summed E-state index contributed by atoms with van der Waals surface area (Å²) >= 11 is 0. The highest BCUT2D eigenvalue weighted by Crippen LogP contribution is 2.54. The summed E-state index contributed by atoms with van der Waals surface area (Å²) in [5, 5.41) is 32.2. The molecule has 2 amide bonds. The summed E-state index contributed by atoms with van der Waals surface area (Å²) in [6.45, 7) is 3.49. The maximum atomic E-state index is 14.6. The molecule has 9 heteroatoms. The molecular weight excluding hydrogens is 527 g/mol. The standard InChI is InChI=1S/C32H33FN2O6/c1-20(2)32(30(40)34-24-11-7-4-8-12-24)27(21-9-5-3-6-10-21)28(22-13-15-23(33)16-14-22)35(31(32)41)18-17-25(36)19-26(37)29(38)39/h3-16,20,25-26,36-37H,17-19H2,1-2H3,(H,34,40)(H,38,39). The van der Waals surface area contributed by atoms with Crippen LogP contribution in [0.1, 0.15) is 37.8 Å². The fourth-order valence-electron chi connectivity index (χ4n) is 5.35. The maximum absolute atomic E-state index is 14.6. The Labute approximate surface area is 237 Å². The number of carbonyl (C=O) groups is 3. The number of aliphatic hydroxyl groups is 2. The summed E-state index contributed by atoms with van der Waals surface area (Å²) in [4.78, 5) is 41.4. The second kappa shape index (κ2) is 12.4. The van der Waals surface area contributed by atoms with Gasteiger partial charge in [0.15, 0.2) is 11.5 Å². The van der Waals surface area contributed by atoms with E-state index in [0.29, 0.717) is 28.1 Å². The van der Waals surface area contributed by atoms with Crippen LogP contribution in [-0.2, 0) is 14.4 Å². The summed E-state index contributed by atoms with van der Waals surface area (Å²) in [5.74, 6) is -3.53. The zero-order valence-corrected chi connectivity index (χ0v) is 22.8. The second-order valence-corrected chi connectivity index (χ2v) is 10.4. The predicted octanol–water partition coefficient (Wildman–Crippen LogP) is 4.40. The van der Waals surface area contributed by atoms with E-state index in [4.69, 9.17) is 5.11 Å². The number of benzene rings is 3. The minimum Gasteiger partial charge on any atom is -0.479 e. The molecule has 4 rings (SSSR count). The molecule has 214 valence electrons. The SMILES string of the molecule is CC(C)C1(C(=O)Nc2ccccc2)C(=O)N(CCC(O)CC(O)C(=O)O)C(c2ccc(F)cc2)=C1c1ccccc1. The van der Waals surface area contributed by atoms with E-state index >= 15 is 0 Å². The lowest BCUT2D eigenvalue weighted by molar-refractivity contribution is -0.148. The van der Waals surface area contributed by atoms with E-state index in [2.05, 4.69) is 5.32 Å². The van der Waals surface area contributed by atoms with E-state index in [1.807, 2.05) is 12.1 Å². The fraction of sp³-hybridized carbons (Fsp3) is 0.281. The third-order valence-corrected chi connectivity index (χ3v) is 7.39. The molecule has 0 saturated heterocycles. The number of carbonyl (C=O) groups excluding carboxylic acids is 2. The Morgan fingerprint density at radius 3 is 2.05 bits per heavy atom. The van der Waals surface area contributed by atoms with Gasteiger partial charge in [0.05, 0.1) is 11.8 Å². The number of halogens is 1. The molecule has 3 atom stereocenters. The van der Waals surface area contributed by atoms with Crippen molar-refractivity contribution in [3.63, 3.8) is 0 Å². The van der Waals surface area contributed by atoms with Gasteiger partial charge in [0.1, 0.15) is 5.82 Å². The first-order valence-corrected chi connectivity index (χ1v) is 13.4. The summed E-state index contributed by atoms with van der Waals surface area (Å²) in [5.41, 5.74) is 0.766. The van der Waals surface area contributed by atoms with Gasteiger partial charge in [-0.3, -0.25) is 9.59 Å². The lowest BCUT2D eigenvalue weighted by Gasteiger charge is -2.34. The number of nitrogens with one attached hydrogen (secondary N) is 1. The zero-order valence-electron chi connectivity index (χ0n) is 22.8. The molecule has 3 unspecified atom stereocenters. The number of hydrogen-bond acceptors (Lipinski definition) is 5. The monoisotopic (exact) mass is 560 g/mol. The van der Waals surface area contributed by atoms with E-state index in [-0.39, 0.29) is 13.0 Å². The molecule has 1 heterocycles. The molecule has 0 aromatic heterocycles. The first kappa shape index (κ1) is 29.6. The fourth-order valence-corrected chi connectivity index (χ4v) is 5.35. The van der Waals surface area contributed by atoms with Crippen molar-refractivity contribution >= 4 is 34.7 Å². The Hall–Kier alpha value is -4.34. The van der Waals surface area contributed by atoms with Gasteiger partial charge < -0.3 is 25.5 Å². The van der Waals surface area contributed by atoms with E-state index in [9.17, 15) is 29.0 Å². The molecule has 8 nitrogen and oxygen atoms in total. The molecule has 0 saturated carbocycles. The van der Waals surface area contributed by atoms with Crippen molar-refractivity contribution in [3.8, 4) is 0 Å². The first-order valence-electron chi connectivity index (χ1n) is 13.4. The molecule has 0 radical (unpaired) electrons. The minimum absolute atomic E-state index is 0.0721. The van der Waals surface area contributed by atoms with Gasteiger partial charge in [-0.25, -0.2) is 9.18 Å². The highest BCUT2D eigenvalue weighted by Gasteiger charge is 2.60. The van der Waals surface area contributed by atoms with Crippen molar-refractivity contribution in [2.45, 2.75) is 38.9 Å². The number of carboxylic acids is 1. The normalized spacial score (nSPS) is 18.5. The van der Waals surface area contributed by atoms with Crippen LogP contribution < -0.4 is 5.32 Å². The molecule has 1 aliphatic rings. The van der Waals surface area contributed by atoms with Gasteiger partial charge in [-0.15, -0.1) is 0 Å². The first-order chi connectivity index (χ1) is 19.6. The van der Waals surface area contributed by atoms with Crippen LogP contribution in [-0.4, -0.2) is 56.8 Å². The second-order valence-electron chi connectivity index (χ2n) is 10.4. The van der Waals surface area contributed by atoms with Gasteiger partial charge in [-0.1, -0.05) is 62.4 Å². The number of aliphatic carboxylic acids is 1. The van der Waals surface area contributed by atoms with Crippen molar-refractivity contribution in [3.05, 3.63) is 102 Å². The molecule has 0 bridgehead atoms. The van der Waals surface area contributed by atoms with E-state index in [1.54, 1.807) is 62.4 Å². The van der Waals surface area contributed by atoms with E-state index in [0.717, 1.165) is 0 Å². The number of hydrogen-bond donors (Lipinski definition) is 4. The predicted molar refractivity (Wildman–Crippen MR) is 153 cm³/mol. The lowest BCUT2D eigenvalue weighted by Crippen LogP contribution is -2.49.